The van der Waals surface area contributed by atoms with E-state index in [1.54, 1.807) is 12.0 Å². The number of benzene rings is 2. The Labute approximate surface area is 160 Å². The van der Waals surface area contributed by atoms with Crippen molar-refractivity contribution in [3.05, 3.63) is 89.3 Å². The summed E-state index contributed by atoms with van der Waals surface area (Å²) in [5.74, 6) is 0.666. The van der Waals surface area contributed by atoms with E-state index in [1.165, 1.54) is 0 Å². The van der Waals surface area contributed by atoms with Crippen molar-refractivity contribution in [1.82, 2.24) is 4.90 Å². The molecular formula is C23H25NO3. The van der Waals surface area contributed by atoms with Crippen LogP contribution >= 0.6 is 0 Å². The second-order valence-corrected chi connectivity index (χ2v) is 6.40. The molecule has 27 heavy (non-hydrogen) atoms. The van der Waals surface area contributed by atoms with Crippen LogP contribution in [0, 0.1) is 0 Å². The van der Waals surface area contributed by atoms with Gasteiger partial charge < -0.3 is 9.47 Å². The van der Waals surface area contributed by atoms with Crippen molar-refractivity contribution < 1.29 is 14.3 Å². The Kier molecular flexibility index (Phi) is 6.69. The van der Waals surface area contributed by atoms with Crippen LogP contribution in [0.5, 0.6) is 0 Å². The van der Waals surface area contributed by atoms with Crippen molar-refractivity contribution in [3.8, 4) is 0 Å². The average Bonchev–Trinajstić information content (AvgIpc) is 2.98. The summed E-state index contributed by atoms with van der Waals surface area (Å²) in [6.07, 6.45) is 6.55. The Balaban J connectivity index is 1.79. The first kappa shape index (κ1) is 18.8. The second kappa shape index (κ2) is 9.62. The van der Waals surface area contributed by atoms with Crippen LogP contribution in [0.1, 0.15) is 30.4 Å². The Morgan fingerprint density at radius 2 is 1.74 bits per heavy atom. The summed E-state index contributed by atoms with van der Waals surface area (Å²) in [6, 6.07) is 19.7. The first-order chi connectivity index (χ1) is 13.3. The molecule has 0 aliphatic carbocycles. The molecule has 0 aromatic heterocycles. The lowest BCUT2D eigenvalue weighted by Crippen LogP contribution is -2.32. The highest BCUT2D eigenvalue weighted by Gasteiger charge is 2.24. The molecule has 0 fully saturated rings. The lowest BCUT2D eigenvalue weighted by molar-refractivity contribution is 0.105. The zero-order valence-electron chi connectivity index (χ0n) is 15.6. The molecule has 0 bridgehead atoms. The van der Waals surface area contributed by atoms with Gasteiger partial charge in [0, 0.05) is 6.54 Å². The van der Waals surface area contributed by atoms with E-state index < -0.39 is 0 Å². The summed E-state index contributed by atoms with van der Waals surface area (Å²) in [6.45, 7) is 0.878. The maximum Gasteiger partial charge on any atom is 0.414 e. The van der Waals surface area contributed by atoms with Crippen molar-refractivity contribution >= 4 is 12.2 Å². The molecule has 0 spiro atoms. The molecular weight excluding hydrogens is 338 g/mol. The summed E-state index contributed by atoms with van der Waals surface area (Å²) in [7, 11) is 1.63. The first-order valence-electron chi connectivity index (χ1n) is 9.27. The monoisotopic (exact) mass is 363 g/mol. The van der Waals surface area contributed by atoms with Crippen LogP contribution in [-0.2, 0) is 16.1 Å². The highest BCUT2D eigenvalue weighted by atomic mass is 16.6. The van der Waals surface area contributed by atoms with Crippen molar-refractivity contribution in [1.29, 1.82) is 0 Å². The van der Waals surface area contributed by atoms with Crippen LogP contribution in [-0.4, -0.2) is 24.6 Å². The fourth-order valence-corrected chi connectivity index (χ4v) is 3.04. The second-order valence-electron chi connectivity index (χ2n) is 6.40. The largest absolute Gasteiger partial charge is 0.495 e. The van der Waals surface area contributed by atoms with Gasteiger partial charge in [-0.15, -0.1) is 0 Å². The quantitative estimate of drug-likeness (QED) is 0.670. The van der Waals surface area contributed by atoms with Crippen LogP contribution in [0.15, 0.2) is 78.2 Å². The first-order valence-corrected chi connectivity index (χ1v) is 9.27. The van der Waals surface area contributed by atoms with Gasteiger partial charge in [-0.2, -0.15) is 0 Å². The molecule has 1 amide bonds. The van der Waals surface area contributed by atoms with E-state index in [-0.39, 0.29) is 12.7 Å². The third-order valence-corrected chi connectivity index (χ3v) is 4.46. The van der Waals surface area contributed by atoms with Crippen LogP contribution in [0.3, 0.4) is 0 Å². The maximum atomic E-state index is 12.8. The number of methoxy groups -OCH3 is 1. The smallest absolute Gasteiger partial charge is 0.414 e. The van der Waals surface area contributed by atoms with E-state index in [4.69, 9.17) is 9.47 Å². The van der Waals surface area contributed by atoms with Crippen molar-refractivity contribution in [3.63, 3.8) is 0 Å². The summed E-state index contributed by atoms with van der Waals surface area (Å²) in [5.41, 5.74) is 2.77. The Morgan fingerprint density at radius 1 is 1.04 bits per heavy atom. The summed E-state index contributed by atoms with van der Waals surface area (Å²) in [5, 5.41) is 0. The number of hydrogen-bond donors (Lipinski definition) is 0. The lowest BCUT2D eigenvalue weighted by atomic mass is 10.1. The van der Waals surface area contributed by atoms with Gasteiger partial charge in [-0.1, -0.05) is 66.7 Å². The highest BCUT2D eigenvalue weighted by molar-refractivity contribution is 5.72. The molecule has 0 atom stereocenters. The molecule has 0 saturated carbocycles. The standard InChI is InChI=1S/C23H25NO3/c1-26-22(17-19-11-5-2-6-12-19)21-15-9-4-10-16-24(21)23(25)27-18-20-13-7-3-8-14-20/h2-3,5-8,11-15,17H,4,9-10,16,18H2,1H3/b22-17-. The molecule has 1 heterocycles. The van der Waals surface area contributed by atoms with E-state index in [2.05, 4.69) is 6.08 Å². The predicted octanol–water partition coefficient (Wildman–Crippen LogP) is 5.38. The molecule has 4 heteroatoms. The predicted molar refractivity (Wildman–Crippen MR) is 107 cm³/mol. The normalized spacial score (nSPS) is 14.9. The van der Waals surface area contributed by atoms with E-state index in [1.807, 2.05) is 66.7 Å². The molecule has 0 unspecified atom stereocenters. The van der Waals surface area contributed by atoms with Crippen molar-refractivity contribution in [2.45, 2.75) is 25.9 Å². The molecule has 140 valence electrons. The number of carbonyl (C=O) groups excluding carboxylic acids is 1. The fraction of sp³-hybridized carbons (Fsp3) is 0.261. The molecule has 4 nitrogen and oxygen atoms in total. The van der Waals surface area contributed by atoms with Gasteiger partial charge in [-0.25, -0.2) is 4.79 Å². The number of ether oxygens (including phenoxy) is 2. The average molecular weight is 363 g/mol. The van der Waals surface area contributed by atoms with Crippen molar-refractivity contribution in [2.75, 3.05) is 13.7 Å². The van der Waals surface area contributed by atoms with Crippen LogP contribution in [0.2, 0.25) is 0 Å². The third-order valence-electron chi connectivity index (χ3n) is 4.46. The van der Waals surface area contributed by atoms with Gasteiger partial charge in [-0.05, 0) is 36.5 Å². The fourth-order valence-electron chi connectivity index (χ4n) is 3.04. The van der Waals surface area contributed by atoms with Crippen molar-refractivity contribution in [2.24, 2.45) is 0 Å². The summed E-state index contributed by atoms with van der Waals surface area (Å²) >= 11 is 0. The minimum atomic E-state index is -0.344. The van der Waals surface area contributed by atoms with Crippen LogP contribution in [0.4, 0.5) is 4.79 Å². The van der Waals surface area contributed by atoms with E-state index in [0.717, 1.165) is 36.1 Å². The molecule has 0 saturated heterocycles. The number of hydrogen-bond acceptors (Lipinski definition) is 3. The van der Waals surface area contributed by atoms with E-state index in [0.29, 0.717) is 12.3 Å². The van der Waals surface area contributed by atoms with E-state index in [9.17, 15) is 4.79 Å². The molecule has 2 aromatic carbocycles. The number of nitrogens with zero attached hydrogens (tertiary/aromatic N) is 1. The summed E-state index contributed by atoms with van der Waals surface area (Å²) < 4.78 is 11.2. The molecule has 0 radical (unpaired) electrons. The third kappa shape index (κ3) is 5.23. The van der Waals surface area contributed by atoms with Crippen LogP contribution in [0.25, 0.3) is 6.08 Å². The van der Waals surface area contributed by atoms with Gasteiger partial charge >= 0.3 is 6.09 Å². The molecule has 2 aromatic rings. The number of amides is 1. The summed E-state index contributed by atoms with van der Waals surface area (Å²) in [4.78, 5) is 14.5. The van der Waals surface area contributed by atoms with Gasteiger partial charge in [-0.3, -0.25) is 4.90 Å². The zero-order valence-corrected chi connectivity index (χ0v) is 15.6. The van der Waals surface area contributed by atoms with Gasteiger partial charge in [0.15, 0.2) is 0 Å². The Bertz CT molecular complexity index is 797. The number of rotatable bonds is 5. The molecule has 0 N–H and O–H groups in total. The lowest BCUT2D eigenvalue weighted by Gasteiger charge is -2.24. The number of carbonyl (C=O) groups is 1. The minimum Gasteiger partial charge on any atom is -0.495 e. The minimum absolute atomic E-state index is 0.258. The van der Waals surface area contributed by atoms with Gasteiger partial charge in [0.2, 0.25) is 0 Å². The SMILES string of the molecule is CO/C(=C\c1ccccc1)C1=CCCCCN1C(=O)OCc1ccccc1. The molecule has 1 aliphatic rings. The molecule has 3 rings (SSSR count). The van der Waals surface area contributed by atoms with Gasteiger partial charge in [0.1, 0.15) is 12.4 Å². The molecule has 1 aliphatic heterocycles. The number of allylic oxidation sites excluding steroid dienone is 1. The van der Waals surface area contributed by atoms with E-state index >= 15 is 0 Å². The highest BCUT2D eigenvalue weighted by Crippen LogP contribution is 2.25. The van der Waals surface area contributed by atoms with Crippen LogP contribution < -0.4 is 0 Å². The zero-order chi connectivity index (χ0) is 18.9. The topological polar surface area (TPSA) is 38.8 Å². The Hall–Kier alpha value is -3.01. The van der Waals surface area contributed by atoms with Gasteiger partial charge in [0.05, 0.1) is 12.8 Å². The Morgan fingerprint density at radius 3 is 2.44 bits per heavy atom. The maximum absolute atomic E-state index is 12.8. The van der Waals surface area contributed by atoms with Gasteiger partial charge in [0.25, 0.3) is 0 Å².